The maximum Gasteiger partial charge on any atom is 2.00 e. The van der Waals surface area contributed by atoms with Crippen LogP contribution in [0.25, 0.3) is 12.2 Å². The Morgan fingerprint density at radius 2 is 1.44 bits per heavy atom. The van der Waals surface area contributed by atoms with E-state index in [-0.39, 0.29) is 33.7 Å². The summed E-state index contributed by atoms with van der Waals surface area (Å²) < 4.78 is 0. The second kappa shape index (κ2) is 12.2. The summed E-state index contributed by atoms with van der Waals surface area (Å²) >= 11 is 0. The molecule has 0 aromatic carbocycles. The van der Waals surface area contributed by atoms with Crippen LogP contribution in [0.4, 0.5) is 0 Å². The van der Waals surface area contributed by atoms with Gasteiger partial charge >= 0.3 is 17.1 Å². The van der Waals surface area contributed by atoms with E-state index in [9.17, 15) is 0 Å². The van der Waals surface area contributed by atoms with Crippen molar-refractivity contribution in [2.75, 3.05) is 0 Å². The number of nitrogens with one attached hydrogen (secondary N) is 2. The maximum atomic E-state index is 5.82. The molecule has 0 amide bonds. The summed E-state index contributed by atoms with van der Waals surface area (Å²) in [5.74, 6) is 0.347. The molecule has 5 heteroatoms. The molecule has 41 heavy (non-hydrogen) atoms. The average molecular weight is 595 g/mol. The first-order chi connectivity index (χ1) is 19.3. The van der Waals surface area contributed by atoms with E-state index < -0.39 is 0 Å². The van der Waals surface area contributed by atoms with Crippen molar-refractivity contribution in [1.29, 1.82) is 0 Å². The van der Waals surface area contributed by atoms with Gasteiger partial charge in [-0.1, -0.05) is 55.4 Å². The van der Waals surface area contributed by atoms with Crippen LogP contribution in [0.1, 0.15) is 107 Å². The molecule has 4 aliphatic heterocycles. The van der Waals surface area contributed by atoms with Gasteiger partial charge in [-0.2, -0.15) is 0 Å². The van der Waals surface area contributed by atoms with E-state index in [0.29, 0.717) is 5.92 Å². The first kappa shape index (κ1) is 31.7. The van der Waals surface area contributed by atoms with Gasteiger partial charge in [-0.05, 0) is 116 Å². The van der Waals surface area contributed by atoms with E-state index >= 15 is 0 Å². The number of hydrogen-bond acceptors (Lipinski definition) is 3. The second-order valence-electron chi connectivity index (χ2n) is 11.9. The van der Waals surface area contributed by atoms with E-state index in [2.05, 4.69) is 108 Å². The molecule has 4 unspecified atom stereocenters. The van der Waals surface area contributed by atoms with Gasteiger partial charge in [0.05, 0.1) is 28.2 Å². The third kappa shape index (κ3) is 4.77. The number of allylic oxidation sites excluding steroid dienone is 3. The molecular weight excluding hydrogens is 544 g/mol. The molecule has 4 aliphatic rings. The monoisotopic (exact) mass is 594 g/mol. The molecule has 4 nitrogen and oxygen atoms in total. The Hall–Kier alpha value is -2.20. The molecule has 220 valence electrons. The van der Waals surface area contributed by atoms with E-state index in [1.54, 1.807) is 16.7 Å². The largest absolute Gasteiger partial charge is 2.00 e. The Kier molecular flexibility index (Phi) is 9.43. The van der Waals surface area contributed by atoms with Crippen LogP contribution in [0.5, 0.6) is 0 Å². The third-order valence-corrected chi connectivity index (χ3v) is 10.5. The van der Waals surface area contributed by atoms with Gasteiger partial charge in [-0.25, -0.2) is 4.99 Å². The molecular formula is C36H50FeN4+2. The number of aromatic amines is 1. The maximum absolute atomic E-state index is 5.82. The minimum atomic E-state index is -0.225. The first-order valence-corrected chi connectivity index (χ1v) is 16.1. The summed E-state index contributed by atoms with van der Waals surface area (Å²) in [5, 5.41) is 6.61. The Labute approximate surface area is 258 Å². The van der Waals surface area contributed by atoms with Crippen molar-refractivity contribution in [3.8, 4) is 0 Å². The zero-order chi connectivity index (χ0) is 28.7. The SMILES string of the molecule is CCC1=C(CC)C2(CC)N=C1C=c1ccc([nH]1)=CC1=NC(=CC3(CC)NC(CC)(C(CC)=C3CC)C2CC)C=C1.[Fe+2]. The summed E-state index contributed by atoms with van der Waals surface area (Å²) in [4.78, 5) is 14.5. The summed E-state index contributed by atoms with van der Waals surface area (Å²) in [6.07, 6.45) is 19.5. The Morgan fingerprint density at radius 3 is 2.00 bits per heavy atom. The van der Waals surface area contributed by atoms with Crippen LogP contribution in [-0.2, 0) is 17.1 Å². The summed E-state index contributed by atoms with van der Waals surface area (Å²) in [5.41, 5.74) is 8.85. The number of aromatic nitrogens is 1. The molecule has 5 rings (SSSR count). The predicted octanol–water partition coefficient (Wildman–Crippen LogP) is 7.25. The van der Waals surface area contributed by atoms with Crippen LogP contribution in [0, 0.1) is 5.92 Å². The molecule has 4 atom stereocenters. The minimum Gasteiger partial charge on any atom is -0.355 e. The molecule has 5 heterocycles. The molecule has 8 bridgehead atoms. The van der Waals surface area contributed by atoms with E-state index in [4.69, 9.17) is 9.98 Å². The van der Waals surface area contributed by atoms with Gasteiger partial charge in [0.1, 0.15) is 0 Å². The Morgan fingerprint density at radius 1 is 0.756 bits per heavy atom. The van der Waals surface area contributed by atoms with Gasteiger partial charge in [0, 0.05) is 22.2 Å². The number of nitrogens with zero attached hydrogens (tertiary/aromatic N) is 2. The zero-order valence-electron chi connectivity index (χ0n) is 26.5. The standard InChI is InChI=1S/C36H50N4.Fe/c1-9-28-29(10-2)35(15-7)33(13-5)36(16-8)31(12-4)30(11-3)34(14-6,40-36)23-27-20-19-25(38-27)21-24-17-18-26(37-24)22-32(28)39-35;/h17-23,33,37,40H,9-16H2,1-8H3;/q;+2. The number of aliphatic imine (C=N–C) groups is 2. The van der Waals surface area contributed by atoms with Crippen LogP contribution >= 0.6 is 0 Å². The fraction of sp³-hybridized carbons (Fsp3) is 0.556. The summed E-state index contributed by atoms with van der Waals surface area (Å²) in [6.45, 7) is 18.9. The van der Waals surface area contributed by atoms with Crippen molar-refractivity contribution in [3.63, 3.8) is 0 Å². The van der Waals surface area contributed by atoms with Gasteiger partial charge in [0.2, 0.25) is 0 Å². The molecule has 0 fully saturated rings. The molecule has 0 spiro atoms. The van der Waals surface area contributed by atoms with Gasteiger partial charge in [0.25, 0.3) is 0 Å². The van der Waals surface area contributed by atoms with Crippen LogP contribution in [-0.4, -0.2) is 33.0 Å². The molecule has 0 saturated heterocycles. The Balaban J connectivity index is 0.00000387. The predicted molar refractivity (Wildman–Crippen MR) is 172 cm³/mol. The van der Waals surface area contributed by atoms with Crippen molar-refractivity contribution in [1.82, 2.24) is 10.3 Å². The van der Waals surface area contributed by atoms with E-state index in [1.165, 1.54) is 11.3 Å². The van der Waals surface area contributed by atoms with Gasteiger partial charge in [-0.3, -0.25) is 10.3 Å². The van der Waals surface area contributed by atoms with E-state index in [1.807, 2.05) is 0 Å². The minimum absolute atomic E-state index is 0. The van der Waals surface area contributed by atoms with Crippen molar-refractivity contribution < 1.29 is 17.1 Å². The quantitative estimate of drug-likeness (QED) is 0.242. The van der Waals surface area contributed by atoms with Gasteiger partial charge < -0.3 is 4.98 Å². The van der Waals surface area contributed by atoms with E-state index in [0.717, 1.165) is 73.5 Å². The number of hydrogen-bond donors (Lipinski definition) is 2. The fourth-order valence-electron chi connectivity index (χ4n) is 8.95. The van der Waals surface area contributed by atoms with Gasteiger partial charge in [-0.15, -0.1) is 0 Å². The number of rotatable bonds is 8. The zero-order valence-corrected chi connectivity index (χ0v) is 27.6. The molecule has 1 aromatic rings. The topological polar surface area (TPSA) is 52.5 Å². The second-order valence-corrected chi connectivity index (χ2v) is 11.9. The molecule has 0 radical (unpaired) electrons. The van der Waals surface area contributed by atoms with Crippen LogP contribution in [0.2, 0.25) is 0 Å². The van der Waals surface area contributed by atoms with Crippen molar-refractivity contribution in [3.05, 3.63) is 69.0 Å². The smallest absolute Gasteiger partial charge is 0.355 e. The summed E-state index contributed by atoms with van der Waals surface area (Å²) in [7, 11) is 0. The molecule has 0 aliphatic carbocycles. The fourth-order valence-corrected chi connectivity index (χ4v) is 8.95. The molecule has 0 saturated carbocycles. The van der Waals surface area contributed by atoms with Crippen molar-refractivity contribution in [2.45, 2.75) is 123 Å². The van der Waals surface area contributed by atoms with Crippen molar-refractivity contribution in [2.24, 2.45) is 15.9 Å². The van der Waals surface area contributed by atoms with Crippen LogP contribution < -0.4 is 16.0 Å². The van der Waals surface area contributed by atoms with Crippen LogP contribution in [0.3, 0.4) is 0 Å². The van der Waals surface area contributed by atoms with Crippen LogP contribution in [0.15, 0.2) is 68.3 Å². The normalized spacial score (nSPS) is 30.5. The van der Waals surface area contributed by atoms with Crippen molar-refractivity contribution >= 4 is 23.6 Å². The van der Waals surface area contributed by atoms with Gasteiger partial charge in [0.15, 0.2) is 0 Å². The Bertz CT molecular complexity index is 1480. The first-order valence-electron chi connectivity index (χ1n) is 16.1. The number of H-pyrrole nitrogens is 1. The molecule has 1 aromatic heterocycles. The summed E-state index contributed by atoms with van der Waals surface area (Å²) in [6, 6.07) is 4.34. The number of fused-ring (bicyclic) bond motifs is 6. The molecule has 2 N–H and O–H groups in total. The average Bonchev–Trinajstić information content (AvgIpc) is 3.72. The third-order valence-electron chi connectivity index (χ3n) is 10.5.